The minimum absolute atomic E-state index is 0.0466. The first-order chi connectivity index (χ1) is 17.8. The average Bonchev–Trinajstić information content (AvgIpc) is 3.76. The van der Waals surface area contributed by atoms with E-state index in [9.17, 15) is 13.7 Å². The monoisotopic (exact) mass is 512 g/mol. The summed E-state index contributed by atoms with van der Waals surface area (Å²) in [6.07, 6.45) is 7.92. The Bertz CT molecular complexity index is 1630. The number of nitrogens with zero attached hydrogens (tertiary/aromatic N) is 6. The number of hydrogen-bond donors (Lipinski definition) is 0. The third-order valence-corrected chi connectivity index (χ3v) is 7.87. The predicted octanol–water partition coefficient (Wildman–Crippen LogP) is 4.92. The third kappa shape index (κ3) is 4.86. The van der Waals surface area contributed by atoms with Crippen LogP contribution in [0, 0.1) is 25.2 Å². The highest BCUT2D eigenvalue weighted by Gasteiger charge is 2.31. The van der Waals surface area contributed by atoms with Crippen molar-refractivity contribution >= 4 is 15.7 Å². The Morgan fingerprint density at radius 3 is 2.57 bits per heavy atom. The number of ether oxygens (including phenoxy) is 1. The van der Waals surface area contributed by atoms with Crippen molar-refractivity contribution in [3.05, 3.63) is 83.7 Å². The zero-order chi connectivity index (χ0) is 26.2. The summed E-state index contributed by atoms with van der Waals surface area (Å²) in [5, 5.41) is 9.29. The summed E-state index contributed by atoms with van der Waals surface area (Å²) in [4.78, 5) is 17.6. The maximum Gasteiger partial charge on any atom is 0.265 e. The molecule has 1 saturated carbocycles. The van der Waals surface area contributed by atoms with Crippen LogP contribution in [0.4, 0.5) is 5.69 Å². The molecule has 37 heavy (non-hydrogen) atoms. The van der Waals surface area contributed by atoms with Gasteiger partial charge >= 0.3 is 0 Å². The van der Waals surface area contributed by atoms with Gasteiger partial charge in [0.15, 0.2) is 5.75 Å². The molecule has 4 aromatic heterocycles. The molecule has 0 aromatic carbocycles. The predicted molar refractivity (Wildman–Crippen MR) is 138 cm³/mol. The molecule has 0 atom stereocenters. The second kappa shape index (κ2) is 9.59. The molecule has 0 radical (unpaired) electrons. The molecule has 0 aliphatic heterocycles. The lowest BCUT2D eigenvalue weighted by Crippen LogP contribution is -2.27. The Morgan fingerprint density at radius 2 is 1.86 bits per heavy atom. The third-order valence-electron chi connectivity index (χ3n) is 6.11. The molecule has 1 fully saturated rings. The molecule has 1 aliphatic carbocycles. The van der Waals surface area contributed by atoms with E-state index in [0.29, 0.717) is 28.5 Å². The van der Waals surface area contributed by atoms with E-state index in [4.69, 9.17) is 14.7 Å². The van der Waals surface area contributed by atoms with Crippen molar-refractivity contribution in [1.82, 2.24) is 19.9 Å². The fraction of sp³-hybridized carbons (Fsp3) is 0.222. The fourth-order valence-corrected chi connectivity index (χ4v) is 5.21. The molecule has 5 rings (SSSR count). The lowest BCUT2D eigenvalue weighted by Gasteiger charge is -2.23. The molecule has 0 bridgehead atoms. The van der Waals surface area contributed by atoms with E-state index in [-0.39, 0.29) is 16.5 Å². The van der Waals surface area contributed by atoms with Crippen LogP contribution in [0.5, 0.6) is 11.6 Å². The van der Waals surface area contributed by atoms with Crippen LogP contribution >= 0.6 is 0 Å². The number of rotatable bonds is 7. The Balaban J connectivity index is 1.65. The van der Waals surface area contributed by atoms with E-state index in [2.05, 4.69) is 16.0 Å². The first-order valence-corrected chi connectivity index (χ1v) is 13.1. The van der Waals surface area contributed by atoms with Gasteiger partial charge < -0.3 is 4.74 Å². The minimum atomic E-state index is -3.95. The van der Waals surface area contributed by atoms with Crippen molar-refractivity contribution in [3.63, 3.8) is 0 Å². The van der Waals surface area contributed by atoms with Crippen LogP contribution < -0.4 is 9.04 Å². The normalized spacial score (nSPS) is 13.1. The molecule has 1 aliphatic rings. The van der Waals surface area contributed by atoms with Crippen LogP contribution in [0.1, 0.15) is 41.3 Å². The lowest BCUT2D eigenvalue weighted by molar-refractivity contribution is 0.451. The van der Waals surface area contributed by atoms with Crippen LogP contribution in [-0.2, 0) is 10.0 Å². The largest absolute Gasteiger partial charge is 0.435 e. The van der Waals surface area contributed by atoms with Crippen molar-refractivity contribution in [1.29, 1.82) is 5.26 Å². The van der Waals surface area contributed by atoms with Gasteiger partial charge in [-0.2, -0.15) is 5.26 Å². The summed E-state index contributed by atoms with van der Waals surface area (Å²) in [7, 11) is -2.50. The van der Waals surface area contributed by atoms with E-state index in [0.717, 1.165) is 34.1 Å². The smallest absolute Gasteiger partial charge is 0.265 e. The summed E-state index contributed by atoms with van der Waals surface area (Å²) in [6, 6.07) is 12.0. The van der Waals surface area contributed by atoms with E-state index in [1.165, 1.54) is 31.7 Å². The summed E-state index contributed by atoms with van der Waals surface area (Å²) in [6.45, 7) is 3.88. The first kappa shape index (κ1) is 24.3. The molecular weight excluding hydrogens is 488 g/mol. The highest BCUT2D eigenvalue weighted by Crippen LogP contribution is 2.46. The topological polar surface area (TPSA) is 122 Å². The zero-order valence-corrected chi connectivity index (χ0v) is 21.4. The summed E-state index contributed by atoms with van der Waals surface area (Å²) >= 11 is 0. The number of pyridine rings is 4. The Kier molecular flexibility index (Phi) is 6.31. The summed E-state index contributed by atoms with van der Waals surface area (Å²) in [5.74, 6) is 0.981. The Morgan fingerprint density at radius 1 is 1.05 bits per heavy atom. The number of aryl methyl sites for hydroxylation is 2. The Labute approximate surface area is 215 Å². The van der Waals surface area contributed by atoms with E-state index < -0.39 is 10.0 Å². The maximum absolute atomic E-state index is 13.4. The minimum Gasteiger partial charge on any atom is -0.435 e. The molecule has 9 nitrogen and oxygen atoms in total. The molecule has 0 spiro atoms. The SMILES string of the molecule is Cc1cc(C)c(Oc2nc(-c3cncc(C#N)c3)ccc2N(C)S(=O)(=O)c2cccnc2)c(C2CC2)n1. The fourth-order valence-electron chi connectivity index (χ4n) is 4.05. The highest BCUT2D eigenvalue weighted by atomic mass is 32.2. The van der Waals surface area contributed by atoms with Crippen LogP contribution in [-0.4, -0.2) is 35.4 Å². The zero-order valence-electron chi connectivity index (χ0n) is 20.6. The van der Waals surface area contributed by atoms with Gasteiger partial charge in [-0.25, -0.2) is 13.4 Å². The van der Waals surface area contributed by atoms with E-state index >= 15 is 0 Å². The molecule has 10 heteroatoms. The van der Waals surface area contributed by atoms with Crippen LogP contribution in [0.3, 0.4) is 0 Å². The van der Waals surface area contributed by atoms with Gasteiger partial charge in [0.2, 0.25) is 5.88 Å². The van der Waals surface area contributed by atoms with Gasteiger partial charge in [0.25, 0.3) is 10.0 Å². The lowest BCUT2D eigenvalue weighted by atomic mass is 10.1. The van der Waals surface area contributed by atoms with Crippen molar-refractivity contribution in [3.8, 4) is 29.0 Å². The van der Waals surface area contributed by atoms with Crippen molar-refractivity contribution in [2.24, 2.45) is 0 Å². The molecule has 0 amide bonds. The number of hydrogen-bond acceptors (Lipinski definition) is 8. The van der Waals surface area contributed by atoms with Crippen molar-refractivity contribution in [2.45, 2.75) is 37.5 Å². The molecule has 186 valence electrons. The van der Waals surface area contributed by atoms with Gasteiger partial charge in [0.05, 0.1) is 17.0 Å². The molecular formula is C27H24N6O3S. The average molecular weight is 513 g/mol. The molecule has 0 saturated heterocycles. The van der Waals surface area contributed by atoms with Gasteiger partial charge in [-0.3, -0.25) is 19.3 Å². The number of sulfonamides is 1. The summed E-state index contributed by atoms with van der Waals surface area (Å²) < 4.78 is 34.4. The van der Waals surface area contributed by atoms with Gasteiger partial charge in [0, 0.05) is 49.0 Å². The standard InChI is InChI=1S/C27H24N6O3S/c1-17-11-18(2)31-25(20-6-7-20)26(17)36-27-24(33(3)37(34,35)22-5-4-10-29-16-22)9-8-23(32-27)21-12-19(13-28)14-30-15-21/h4-5,8-12,14-16,20H,6-7H2,1-3H3. The first-order valence-electron chi connectivity index (χ1n) is 11.7. The van der Waals surface area contributed by atoms with Crippen LogP contribution in [0.15, 0.2) is 66.1 Å². The van der Waals surface area contributed by atoms with E-state index in [1.807, 2.05) is 19.9 Å². The molecule has 4 aromatic rings. The number of anilines is 1. The van der Waals surface area contributed by atoms with Gasteiger partial charge in [-0.15, -0.1) is 0 Å². The number of aromatic nitrogens is 4. The van der Waals surface area contributed by atoms with Crippen LogP contribution in [0.2, 0.25) is 0 Å². The second-order valence-electron chi connectivity index (χ2n) is 8.93. The van der Waals surface area contributed by atoms with Gasteiger partial charge in [0.1, 0.15) is 16.7 Å². The van der Waals surface area contributed by atoms with Crippen LogP contribution in [0.25, 0.3) is 11.3 Å². The molecule has 0 unspecified atom stereocenters. The molecule has 0 N–H and O–H groups in total. The highest BCUT2D eigenvalue weighted by molar-refractivity contribution is 7.92. The maximum atomic E-state index is 13.4. The molecule has 4 heterocycles. The Hall–Kier alpha value is -4.36. The van der Waals surface area contributed by atoms with Crippen molar-refractivity contribution < 1.29 is 13.2 Å². The van der Waals surface area contributed by atoms with Crippen molar-refractivity contribution in [2.75, 3.05) is 11.4 Å². The van der Waals surface area contributed by atoms with Gasteiger partial charge in [-0.1, -0.05) is 0 Å². The second-order valence-corrected chi connectivity index (χ2v) is 10.9. The quantitative estimate of drug-likeness (QED) is 0.342. The van der Waals surface area contributed by atoms with Gasteiger partial charge in [-0.05, 0) is 68.7 Å². The van der Waals surface area contributed by atoms with E-state index in [1.54, 1.807) is 30.5 Å². The summed E-state index contributed by atoms with van der Waals surface area (Å²) in [5.41, 5.74) is 4.36. The number of nitriles is 1.